The quantitative estimate of drug-likeness (QED) is 0.806. The second kappa shape index (κ2) is 7.39. The number of nitrogens with zero attached hydrogens (tertiary/aromatic N) is 3. The number of hydrogen-bond donors (Lipinski definition) is 2. The van der Waals surface area contributed by atoms with Crippen molar-refractivity contribution in [3.05, 3.63) is 29.8 Å². The van der Waals surface area contributed by atoms with Crippen LogP contribution in [-0.4, -0.2) is 33.7 Å². The number of rotatable bonds is 7. The SMILES string of the molecule is CCCNc1nc(OC)nc(Oc2ccccc2CO)n1. The highest BCUT2D eigenvalue weighted by atomic mass is 16.5. The standard InChI is InChI=1S/C14H18N4O3/c1-3-8-15-12-16-13(20-2)18-14(17-12)21-11-7-5-4-6-10(11)9-19/h4-7,19H,3,8-9H2,1-2H3,(H,15,16,17,18). The van der Waals surface area contributed by atoms with E-state index in [9.17, 15) is 5.11 Å². The Labute approximate surface area is 123 Å². The molecule has 0 aliphatic heterocycles. The Morgan fingerprint density at radius 2 is 1.90 bits per heavy atom. The van der Waals surface area contributed by atoms with Crippen LogP contribution in [-0.2, 0) is 6.61 Å². The largest absolute Gasteiger partial charge is 0.467 e. The molecule has 0 fully saturated rings. The van der Waals surface area contributed by atoms with Crippen molar-refractivity contribution >= 4 is 5.95 Å². The van der Waals surface area contributed by atoms with E-state index in [0.717, 1.165) is 13.0 Å². The molecule has 0 saturated heterocycles. The van der Waals surface area contributed by atoms with Gasteiger partial charge in [-0.15, -0.1) is 4.98 Å². The van der Waals surface area contributed by atoms with Crippen LogP contribution in [0.25, 0.3) is 0 Å². The zero-order valence-corrected chi connectivity index (χ0v) is 12.0. The number of anilines is 1. The minimum atomic E-state index is -0.126. The van der Waals surface area contributed by atoms with Crippen molar-refractivity contribution in [2.45, 2.75) is 20.0 Å². The third kappa shape index (κ3) is 4.03. The highest BCUT2D eigenvalue weighted by Crippen LogP contribution is 2.24. The first kappa shape index (κ1) is 15.0. The summed E-state index contributed by atoms with van der Waals surface area (Å²) < 4.78 is 10.7. The minimum Gasteiger partial charge on any atom is -0.467 e. The summed E-state index contributed by atoms with van der Waals surface area (Å²) in [5, 5.41) is 12.3. The Morgan fingerprint density at radius 3 is 2.62 bits per heavy atom. The van der Waals surface area contributed by atoms with Gasteiger partial charge in [-0.3, -0.25) is 0 Å². The van der Waals surface area contributed by atoms with Gasteiger partial charge in [0.25, 0.3) is 0 Å². The monoisotopic (exact) mass is 290 g/mol. The van der Waals surface area contributed by atoms with Crippen LogP contribution < -0.4 is 14.8 Å². The Hall–Kier alpha value is -2.41. The van der Waals surface area contributed by atoms with Gasteiger partial charge in [-0.25, -0.2) is 0 Å². The van der Waals surface area contributed by atoms with E-state index in [2.05, 4.69) is 20.3 Å². The van der Waals surface area contributed by atoms with Crippen LogP contribution in [0, 0.1) is 0 Å². The van der Waals surface area contributed by atoms with Crippen molar-refractivity contribution in [2.24, 2.45) is 0 Å². The molecule has 0 saturated carbocycles. The Kier molecular flexibility index (Phi) is 5.28. The predicted octanol–water partition coefficient (Wildman–Crippen LogP) is 1.99. The number of para-hydroxylation sites is 1. The summed E-state index contributed by atoms with van der Waals surface area (Å²) in [6.07, 6.45) is 0.942. The van der Waals surface area contributed by atoms with Gasteiger partial charge >= 0.3 is 12.0 Å². The number of aliphatic hydroxyl groups excluding tert-OH is 1. The molecule has 0 bridgehead atoms. The van der Waals surface area contributed by atoms with Gasteiger partial charge in [0.2, 0.25) is 5.95 Å². The summed E-state index contributed by atoms with van der Waals surface area (Å²) in [6, 6.07) is 7.41. The number of aromatic nitrogens is 3. The molecule has 0 unspecified atom stereocenters. The molecule has 0 spiro atoms. The maximum absolute atomic E-state index is 9.30. The summed E-state index contributed by atoms with van der Waals surface area (Å²) in [5.41, 5.74) is 0.653. The molecule has 21 heavy (non-hydrogen) atoms. The first-order valence-corrected chi connectivity index (χ1v) is 6.67. The number of aliphatic hydroxyl groups is 1. The third-order valence-corrected chi connectivity index (χ3v) is 2.65. The molecule has 1 heterocycles. The van der Waals surface area contributed by atoms with Crippen molar-refractivity contribution in [1.29, 1.82) is 0 Å². The van der Waals surface area contributed by atoms with Crippen LogP contribution in [0.15, 0.2) is 24.3 Å². The van der Waals surface area contributed by atoms with Crippen molar-refractivity contribution in [1.82, 2.24) is 15.0 Å². The van der Waals surface area contributed by atoms with Crippen LogP contribution in [0.4, 0.5) is 5.95 Å². The van der Waals surface area contributed by atoms with Crippen molar-refractivity contribution in [3.63, 3.8) is 0 Å². The Morgan fingerprint density at radius 1 is 1.14 bits per heavy atom. The molecule has 0 atom stereocenters. The van der Waals surface area contributed by atoms with Gasteiger partial charge in [0.1, 0.15) is 5.75 Å². The van der Waals surface area contributed by atoms with Crippen LogP contribution >= 0.6 is 0 Å². The van der Waals surface area contributed by atoms with E-state index < -0.39 is 0 Å². The normalized spacial score (nSPS) is 10.2. The summed E-state index contributed by atoms with van der Waals surface area (Å²) in [5.74, 6) is 0.884. The lowest BCUT2D eigenvalue weighted by Crippen LogP contribution is -2.08. The van der Waals surface area contributed by atoms with Gasteiger partial charge in [-0.05, 0) is 12.5 Å². The zero-order chi connectivity index (χ0) is 15.1. The molecule has 0 aliphatic carbocycles. The maximum Gasteiger partial charge on any atom is 0.330 e. The fraction of sp³-hybridized carbons (Fsp3) is 0.357. The molecule has 2 aromatic rings. The number of hydrogen-bond acceptors (Lipinski definition) is 7. The van der Waals surface area contributed by atoms with E-state index in [1.165, 1.54) is 7.11 Å². The number of nitrogens with one attached hydrogen (secondary N) is 1. The van der Waals surface area contributed by atoms with Crippen LogP contribution in [0.5, 0.6) is 17.8 Å². The van der Waals surface area contributed by atoms with Crippen molar-refractivity contribution in [2.75, 3.05) is 19.0 Å². The fourth-order valence-corrected chi connectivity index (χ4v) is 1.62. The van der Waals surface area contributed by atoms with Gasteiger partial charge in [-0.1, -0.05) is 25.1 Å². The molecule has 0 amide bonds. The Balaban J connectivity index is 2.25. The molecule has 2 rings (SSSR count). The highest BCUT2D eigenvalue weighted by molar-refractivity contribution is 5.36. The molecule has 2 N–H and O–H groups in total. The molecule has 0 aliphatic rings. The molecular formula is C14H18N4O3. The van der Waals surface area contributed by atoms with E-state index >= 15 is 0 Å². The first-order valence-electron chi connectivity index (χ1n) is 6.67. The van der Waals surface area contributed by atoms with Gasteiger partial charge in [0.15, 0.2) is 0 Å². The zero-order valence-electron chi connectivity index (χ0n) is 12.0. The average molecular weight is 290 g/mol. The average Bonchev–Trinajstić information content (AvgIpc) is 2.53. The Bertz CT molecular complexity index is 592. The van der Waals surface area contributed by atoms with Crippen molar-refractivity contribution < 1.29 is 14.6 Å². The molecule has 7 heteroatoms. The number of methoxy groups -OCH3 is 1. The molecule has 1 aromatic carbocycles. The summed E-state index contributed by atoms with van der Waals surface area (Å²) in [4.78, 5) is 12.3. The molecule has 0 radical (unpaired) electrons. The maximum atomic E-state index is 9.30. The predicted molar refractivity (Wildman–Crippen MR) is 77.6 cm³/mol. The van der Waals surface area contributed by atoms with Gasteiger partial charge < -0.3 is 19.9 Å². The van der Waals surface area contributed by atoms with Gasteiger partial charge in [0, 0.05) is 12.1 Å². The van der Waals surface area contributed by atoms with Crippen molar-refractivity contribution in [3.8, 4) is 17.8 Å². The summed E-state index contributed by atoms with van der Waals surface area (Å²) in [6.45, 7) is 2.65. The van der Waals surface area contributed by atoms with Gasteiger partial charge in [-0.2, -0.15) is 9.97 Å². The van der Waals surface area contributed by atoms with Crippen LogP contribution in [0.1, 0.15) is 18.9 Å². The second-order valence-corrected chi connectivity index (χ2v) is 4.22. The second-order valence-electron chi connectivity index (χ2n) is 4.22. The first-order chi connectivity index (χ1) is 10.3. The number of benzene rings is 1. The van der Waals surface area contributed by atoms with E-state index in [1.54, 1.807) is 12.1 Å². The molecular weight excluding hydrogens is 272 g/mol. The summed E-state index contributed by atoms with van der Waals surface area (Å²) in [7, 11) is 1.48. The smallest absolute Gasteiger partial charge is 0.330 e. The minimum absolute atomic E-state index is 0.112. The van der Waals surface area contributed by atoms with E-state index in [4.69, 9.17) is 9.47 Å². The van der Waals surface area contributed by atoms with Crippen LogP contribution in [0.3, 0.4) is 0 Å². The van der Waals surface area contributed by atoms with Gasteiger partial charge in [0.05, 0.1) is 13.7 Å². The lowest BCUT2D eigenvalue weighted by Gasteiger charge is -2.10. The number of ether oxygens (including phenoxy) is 2. The summed E-state index contributed by atoms with van der Waals surface area (Å²) >= 11 is 0. The molecule has 7 nitrogen and oxygen atoms in total. The lowest BCUT2D eigenvalue weighted by molar-refractivity contribution is 0.275. The molecule has 1 aromatic heterocycles. The van der Waals surface area contributed by atoms with E-state index in [-0.39, 0.29) is 18.6 Å². The molecule has 112 valence electrons. The highest BCUT2D eigenvalue weighted by Gasteiger charge is 2.10. The fourth-order valence-electron chi connectivity index (χ4n) is 1.62. The third-order valence-electron chi connectivity index (χ3n) is 2.65. The van der Waals surface area contributed by atoms with E-state index in [1.807, 2.05) is 19.1 Å². The van der Waals surface area contributed by atoms with E-state index in [0.29, 0.717) is 17.3 Å². The van der Waals surface area contributed by atoms with Crippen LogP contribution in [0.2, 0.25) is 0 Å². The topological polar surface area (TPSA) is 89.4 Å². The lowest BCUT2D eigenvalue weighted by atomic mass is 10.2.